The van der Waals surface area contributed by atoms with Gasteiger partial charge < -0.3 is 29.6 Å². The van der Waals surface area contributed by atoms with Gasteiger partial charge in [0.15, 0.2) is 17.3 Å². The molecule has 0 amide bonds. The van der Waals surface area contributed by atoms with Gasteiger partial charge in [-0.05, 0) is 12.1 Å². The molecule has 2 rings (SSSR count). The third-order valence-electron chi connectivity index (χ3n) is 3.53. The average Bonchev–Trinajstić information content (AvgIpc) is 2.64. The number of nitrogen functional groups attached to an aromatic ring is 1. The van der Waals surface area contributed by atoms with Crippen LogP contribution in [0.5, 0.6) is 17.4 Å². The molecule has 1 aromatic carbocycles. The topological polar surface area (TPSA) is 92.0 Å². The Kier molecular flexibility index (Phi) is 7.24. The zero-order valence-corrected chi connectivity index (χ0v) is 14.8. The summed E-state index contributed by atoms with van der Waals surface area (Å²) < 4.78 is 21.4. The molecule has 0 atom stereocenters. The lowest BCUT2D eigenvalue weighted by Crippen LogP contribution is -2.32. The van der Waals surface area contributed by atoms with Gasteiger partial charge in [0.25, 0.3) is 0 Å². The summed E-state index contributed by atoms with van der Waals surface area (Å²) in [6.07, 6.45) is 1.42. The van der Waals surface area contributed by atoms with E-state index in [4.69, 9.17) is 24.7 Å². The van der Waals surface area contributed by atoms with Gasteiger partial charge in [-0.2, -0.15) is 4.98 Å². The number of methoxy groups -OCH3 is 3. The van der Waals surface area contributed by atoms with Crippen LogP contribution < -0.4 is 20.1 Å². The van der Waals surface area contributed by atoms with Gasteiger partial charge in [0, 0.05) is 27.3 Å². The van der Waals surface area contributed by atoms with E-state index in [-0.39, 0.29) is 5.88 Å². The molecule has 8 nitrogen and oxygen atoms in total. The predicted octanol–water partition coefficient (Wildman–Crippen LogP) is 1.96. The van der Waals surface area contributed by atoms with Gasteiger partial charge in [-0.25, -0.2) is 4.98 Å². The number of hydrogen-bond acceptors (Lipinski definition) is 8. The molecule has 0 saturated heterocycles. The van der Waals surface area contributed by atoms with Crippen LogP contribution in [0.4, 0.5) is 11.5 Å². The third-order valence-corrected chi connectivity index (χ3v) is 3.53. The van der Waals surface area contributed by atoms with E-state index in [9.17, 15) is 0 Å². The summed E-state index contributed by atoms with van der Waals surface area (Å²) in [7, 11) is 4.87. The average molecular weight is 348 g/mol. The predicted molar refractivity (Wildman–Crippen MR) is 95.5 cm³/mol. The Balaban J connectivity index is 2.27. The highest BCUT2D eigenvalue weighted by Crippen LogP contribution is 2.35. The first-order valence-corrected chi connectivity index (χ1v) is 7.85. The first-order chi connectivity index (χ1) is 12.2. The summed E-state index contributed by atoms with van der Waals surface area (Å²) in [6.45, 7) is 2.32. The van der Waals surface area contributed by atoms with Crippen LogP contribution in [0, 0.1) is 0 Å². The van der Waals surface area contributed by atoms with Crippen molar-refractivity contribution in [1.82, 2.24) is 9.97 Å². The number of nitrogens with zero attached hydrogens (tertiary/aromatic N) is 3. The fourth-order valence-electron chi connectivity index (χ4n) is 2.24. The zero-order chi connectivity index (χ0) is 18.1. The van der Waals surface area contributed by atoms with E-state index >= 15 is 0 Å². The van der Waals surface area contributed by atoms with Crippen LogP contribution in [0.15, 0.2) is 30.6 Å². The Morgan fingerprint density at radius 2 is 1.60 bits per heavy atom. The minimum atomic E-state index is 0.273. The second-order valence-electron chi connectivity index (χ2n) is 5.14. The smallest absolute Gasteiger partial charge is 0.248 e. The highest BCUT2D eigenvalue weighted by atomic mass is 16.5. The van der Waals surface area contributed by atoms with Crippen LogP contribution in [0.1, 0.15) is 0 Å². The molecule has 0 aliphatic carbocycles. The van der Waals surface area contributed by atoms with Gasteiger partial charge in [0.1, 0.15) is 12.0 Å². The van der Waals surface area contributed by atoms with Crippen LogP contribution in [-0.4, -0.2) is 57.6 Å². The van der Waals surface area contributed by atoms with Crippen LogP contribution in [-0.2, 0) is 9.47 Å². The molecule has 25 heavy (non-hydrogen) atoms. The minimum Gasteiger partial charge on any atom is -0.493 e. The number of nitrogens with two attached hydrogens (primary N) is 1. The summed E-state index contributed by atoms with van der Waals surface area (Å²) in [5.74, 6) is 1.97. The Morgan fingerprint density at radius 1 is 0.960 bits per heavy atom. The molecule has 2 N–H and O–H groups in total. The zero-order valence-electron chi connectivity index (χ0n) is 14.8. The van der Waals surface area contributed by atoms with E-state index in [0.717, 1.165) is 0 Å². The normalized spacial score (nSPS) is 10.5. The van der Waals surface area contributed by atoms with Crippen molar-refractivity contribution in [3.05, 3.63) is 30.6 Å². The number of benzene rings is 1. The van der Waals surface area contributed by atoms with Crippen LogP contribution in [0.2, 0.25) is 0 Å². The molecule has 8 heteroatoms. The molecule has 136 valence electrons. The van der Waals surface area contributed by atoms with Crippen LogP contribution >= 0.6 is 0 Å². The van der Waals surface area contributed by atoms with Gasteiger partial charge >= 0.3 is 0 Å². The maximum Gasteiger partial charge on any atom is 0.248 e. The lowest BCUT2D eigenvalue weighted by atomic mass is 10.3. The Morgan fingerprint density at radius 3 is 2.20 bits per heavy atom. The van der Waals surface area contributed by atoms with E-state index in [0.29, 0.717) is 49.3 Å². The number of para-hydroxylation sites is 2. The van der Waals surface area contributed by atoms with Crippen molar-refractivity contribution in [2.75, 3.05) is 58.3 Å². The van der Waals surface area contributed by atoms with E-state index in [1.54, 1.807) is 33.5 Å². The lowest BCUT2D eigenvalue weighted by molar-refractivity contribution is 0.190. The first kappa shape index (κ1) is 18.8. The Labute approximate surface area is 147 Å². The fraction of sp³-hybridized carbons (Fsp3) is 0.412. The fourth-order valence-corrected chi connectivity index (χ4v) is 2.24. The van der Waals surface area contributed by atoms with Gasteiger partial charge in [-0.3, -0.25) is 0 Å². The molecule has 0 bridgehead atoms. The molecular formula is C17H24N4O4. The number of anilines is 2. The van der Waals surface area contributed by atoms with Crippen molar-refractivity contribution < 1.29 is 18.9 Å². The molecule has 0 saturated carbocycles. The van der Waals surface area contributed by atoms with Gasteiger partial charge in [0.05, 0.1) is 20.3 Å². The molecule has 1 heterocycles. The summed E-state index contributed by atoms with van der Waals surface area (Å²) in [5, 5.41) is 0. The number of aromatic nitrogens is 2. The number of ether oxygens (including phenoxy) is 4. The third kappa shape index (κ3) is 4.94. The van der Waals surface area contributed by atoms with Crippen molar-refractivity contribution >= 4 is 11.5 Å². The first-order valence-electron chi connectivity index (χ1n) is 7.85. The maximum atomic E-state index is 6.25. The minimum absolute atomic E-state index is 0.273. The highest BCUT2D eigenvalue weighted by molar-refractivity contribution is 5.68. The van der Waals surface area contributed by atoms with Crippen molar-refractivity contribution in [3.63, 3.8) is 0 Å². The van der Waals surface area contributed by atoms with E-state index in [2.05, 4.69) is 9.97 Å². The highest BCUT2D eigenvalue weighted by Gasteiger charge is 2.17. The number of rotatable bonds is 10. The molecule has 0 radical (unpaired) electrons. The molecule has 0 aliphatic heterocycles. The van der Waals surface area contributed by atoms with Crippen molar-refractivity contribution in [3.8, 4) is 17.4 Å². The summed E-state index contributed by atoms with van der Waals surface area (Å²) >= 11 is 0. The van der Waals surface area contributed by atoms with E-state index < -0.39 is 0 Å². The lowest BCUT2D eigenvalue weighted by Gasteiger charge is -2.24. The Hall–Kier alpha value is -2.58. The second kappa shape index (κ2) is 9.65. The van der Waals surface area contributed by atoms with Crippen molar-refractivity contribution in [2.24, 2.45) is 0 Å². The standard InChI is InChI=1S/C17H24N4O4/c1-22-10-8-21(9-11-23-2)16-15(18)17(20-12-19-16)25-14-7-5-4-6-13(14)24-3/h4-7,12H,8-11,18H2,1-3H3. The second-order valence-corrected chi connectivity index (χ2v) is 5.14. The van der Waals surface area contributed by atoms with Crippen molar-refractivity contribution in [2.45, 2.75) is 0 Å². The molecule has 0 unspecified atom stereocenters. The van der Waals surface area contributed by atoms with Crippen LogP contribution in [0.25, 0.3) is 0 Å². The van der Waals surface area contributed by atoms with Gasteiger partial charge in [-0.15, -0.1) is 0 Å². The monoisotopic (exact) mass is 348 g/mol. The molecule has 2 aromatic rings. The molecule has 0 spiro atoms. The van der Waals surface area contributed by atoms with Gasteiger partial charge in [-0.1, -0.05) is 12.1 Å². The maximum absolute atomic E-state index is 6.25. The molecule has 0 aliphatic rings. The van der Waals surface area contributed by atoms with E-state index in [1.165, 1.54) is 6.33 Å². The number of hydrogen-bond donors (Lipinski definition) is 1. The largest absolute Gasteiger partial charge is 0.493 e. The summed E-state index contributed by atoms with van der Waals surface area (Å²) in [5.41, 5.74) is 6.60. The van der Waals surface area contributed by atoms with Crippen LogP contribution in [0.3, 0.4) is 0 Å². The SMILES string of the molecule is COCCN(CCOC)c1ncnc(Oc2ccccc2OC)c1N. The summed E-state index contributed by atoms with van der Waals surface area (Å²) in [4.78, 5) is 10.4. The molecule has 0 fully saturated rings. The molecular weight excluding hydrogens is 324 g/mol. The molecule has 1 aromatic heterocycles. The Bertz CT molecular complexity index is 661. The van der Waals surface area contributed by atoms with Crippen molar-refractivity contribution in [1.29, 1.82) is 0 Å². The summed E-state index contributed by atoms with van der Waals surface area (Å²) in [6, 6.07) is 7.29. The van der Waals surface area contributed by atoms with E-state index in [1.807, 2.05) is 17.0 Å². The quantitative estimate of drug-likeness (QED) is 0.697. The van der Waals surface area contributed by atoms with Gasteiger partial charge in [0.2, 0.25) is 5.88 Å².